The summed E-state index contributed by atoms with van der Waals surface area (Å²) < 4.78 is 5.29. The van der Waals surface area contributed by atoms with Crippen LogP contribution in [0.1, 0.15) is 20.7 Å². The number of aromatic amines is 1. The summed E-state index contributed by atoms with van der Waals surface area (Å²) in [4.78, 5) is 51.3. The zero-order valence-corrected chi connectivity index (χ0v) is 16.8. The summed E-state index contributed by atoms with van der Waals surface area (Å²) in [6.45, 7) is 0.965. The lowest BCUT2D eigenvalue weighted by atomic mass is 10.0. The Bertz CT molecular complexity index is 1130. The molecule has 3 aromatic rings. The van der Waals surface area contributed by atoms with Crippen molar-refractivity contribution in [3.05, 3.63) is 53.2 Å². The van der Waals surface area contributed by atoms with Crippen LogP contribution in [0.3, 0.4) is 0 Å². The number of methoxy groups -OCH3 is 1. The summed E-state index contributed by atoms with van der Waals surface area (Å²) in [5.41, 5.74) is 0.942. The highest BCUT2D eigenvalue weighted by Gasteiger charge is 2.36. The quantitative estimate of drug-likeness (QED) is 0.360. The molecule has 1 aliphatic rings. The molecule has 4 heterocycles. The van der Waals surface area contributed by atoms with Crippen LogP contribution in [0.2, 0.25) is 5.15 Å². The fourth-order valence-corrected chi connectivity index (χ4v) is 3.75. The monoisotopic (exact) mass is 427 g/mol. The first-order valence-corrected chi connectivity index (χ1v) is 9.60. The molecule has 4 rings (SSSR count). The Morgan fingerprint density at radius 2 is 2.03 bits per heavy atom. The van der Waals surface area contributed by atoms with Crippen LogP contribution in [-0.2, 0) is 4.79 Å². The van der Waals surface area contributed by atoms with Gasteiger partial charge in [0, 0.05) is 43.8 Å². The Morgan fingerprint density at radius 1 is 1.27 bits per heavy atom. The van der Waals surface area contributed by atoms with Gasteiger partial charge in [0.05, 0.1) is 29.8 Å². The number of Topliss-reactive ketones (excluding diaryl/α,β-unsaturated/α-hetero) is 2. The fraction of sp³-hybridized carbons (Fsp3) is 0.250. The van der Waals surface area contributed by atoms with Crippen LogP contribution >= 0.6 is 11.6 Å². The molecule has 0 bridgehead atoms. The Morgan fingerprint density at radius 3 is 2.77 bits per heavy atom. The Balaban J connectivity index is 1.68. The fourth-order valence-electron chi connectivity index (χ4n) is 3.56. The van der Waals surface area contributed by atoms with Crippen LogP contribution < -0.4 is 10.1 Å². The summed E-state index contributed by atoms with van der Waals surface area (Å²) in [6, 6.07) is 2.37. The van der Waals surface area contributed by atoms with Gasteiger partial charge < -0.3 is 19.9 Å². The van der Waals surface area contributed by atoms with Crippen molar-refractivity contribution >= 4 is 40.0 Å². The Kier molecular flexibility index (Phi) is 5.47. The van der Waals surface area contributed by atoms with E-state index in [1.54, 1.807) is 12.1 Å². The van der Waals surface area contributed by atoms with E-state index in [-0.39, 0.29) is 29.6 Å². The normalized spacial score (nSPS) is 16.5. The third kappa shape index (κ3) is 3.42. The maximum absolute atomic E-state index is 13.2. The van der Waals surface area contributed by atoms with Crippen LogP contribution in [0.25, 0.3) is 10.9 Å². The van der Waals surface area contributed by atoms with E-state index in [4.69, 9.17) is 16.3 Å². The van der Waals surface area contributed by atoms with Crippen molar-refractivity contribution in [2.45, 2.75) is 6.04 Å². The number of hydrogen-bond donors (Lipinski definition) is 2. The zero-order chi connectivity index (χ0) is 21.3. The lowest BCUT2D eigenvalue weighted by Crippen LogP contribution is -2.58. The van der Waals surface area contributed by atoms with Crippen LogP contribution in [-0.4, -0.2) is 70.1 Å². The highest BCUT2D eigenvalue weighted by Crippen LogP contribution is 2.32. The van der Waals surface area contributed by atoms with Gasteiger partial charge in [-0.3, -0.25) is 19.4 Å². The molecule has 1 aliphatic heterocycles. The Labute approximate surface area is 176 Å². The van der Waals surface area contributed by atoms with Gasteiger partial charge in [0.1, 0.15) is 11.8 Å². The molecule has 30 heavy (non-hydrogen) atoms. The van der Waals surface area contributed by atoms with E-state index in [2.05, 4.69) is 20.3 Å². The molecule has 3 aromatic heterocycles. The first-order chi connectivity index (χ1) is 14.5. The molecule has 1 unspecified atom stereocenters. The molecule has 0 aromatic carbocycles. The Hall–Kier alpha value is -3.30. The number of fused-ring (bicyclic) bond motifs is 1. The highest BCUT2D eigenvalue weighted by atomic mass is 35.5. The number of H-pyrrole nitrogens is 1. The average molecular weight is 428 g/mol. The van der Waals surface area contributed by atoms with Crippen LogP contribution in [0, 0.1) is 0 Å². The van der Waals surface area contributed by atoms with Gasteiger partial charge in [0.15, 0.2) is 10.9 Å². The van der Waals surface area contributed by atoms with E-state index in [9.17, 15) is 14.4 Å². The van der Waals surface area contributed by atoms with Gasteiger partial charge in [0.25, 0.3) is 11.7 Å². The number of ketones is 2. The number of hydrogen-bond acceptors (Lipinski definition) is 7. The molecule has 1 saturated heterocycles. The van der Waals surface area contributed by atoms with Crippen molar-refractivity contribution in [1.29, 1.82) is 0 Å². The standard InChI is InChI=1S/C20H18ClN5O4/c1-30-14-10-25-19(21)16-15(14)12(8-24-16)18(28)20(29)26-7-6-23-9-13(26)17(27)11-2-4-22-5-3-11/h2-5,8,10,13,23-24H,6-7,9H2,1H3. The maximum Gasteiger partial charge on any atom is 0.295 e. The number of carbonyl (C=O) groups excluding carboxylic acids is 3. The summed E-state index contributed by atoms with van der Waals surface area (Å²) in [5.74, 6) is -1.46. The van der Waals surface area contributed by atoms with E-state index in [0.29, 0.717) is 28.8 Å². The van der Waals surface area contributed by atoms with Crippen molar-refractivity contribution in [1.82, 2.24) is 25.2 Å². The molecule has 154 valence electrons. The predicted octanol–water partition coefficient (Wildman–Crippen LogP) is 1.49. The molecule has 1 fully saturated rings. The van der Waals surface area contributed by atoms with Crippen molar-refractivity contribution in [2.24, 2.45) is 0 Å². The summed E-state index contributed by atoms with van der Waals surface area (Å²) in [6.07, 6.45) is 5.82. The lowest BCUT2D eigenvalue weighted by molar-refractivity contribution is -0.128. The third-order valence-electron chi connectivity index (χ3n) is 5.06. The number of amides is 1. The van der Waals surface area contributed by atoms with E-state index in [0.717, 1.165) is 0 Å². The zero-order valence-electron chi connectivity index (χ0n) is 16.0. The molecule has 0 saturated carbocycles. The van der Waals surface area contributed by atoms with E-state index < -0.39 is 17.7 Å². The number of ether oxygens (including phenoxy) is 1. The largest absolute Gasteiger partial charge is 0.494 e. The van der Waals surface area contributed by atoms with Gasteiger partial charge in [-0.05, 0) is 12.1 Å². The number of nitrogens with zero attached hydrogens (tertiary/aromatic N) is 3. The molecule has 10 heteroatoms. The molecule has 1 amide bonds. The van der Waals surface area contributed by atoms with Gasteiger partial charge >= 0.3 is 0 Å². The van der Waals surface area contributed by atoms with E-state index in [1.807, 2.05) is 0 Å². The second-order valence-electron chi connectivity index (χ2n) is 6.72. The van der Waals surface area contributed by atoms with Crippen molar-refractivity contribution in [2.75, 3.05) is 26.7 Å². The predicted molar refractivity (Wildman–Crippen MR) is 109 cm³/mol. The van der Waals surface area contributed by atoms with Crippen LogP contribution in [0.15, 0.2) is 36.9 Å². The summed E-state index contributed by atoms with van der Waals surface area (Å²) in [7, 11) is 1.44. The lowest BCUT2D eigenvalue weighted by Gasteiger charge is -2.34. The van der Waals surface area contributed by atoms with Crippen LogP contribution in [0.4, 0.5) is 0 Å². The number of piperazine rings is 1. The summed E-state index contributed by atoms with van der Waals surface area (Å²) in [5, 5.41) is 3.64. The SMILES string of the molecule is COc1cnc(Cl)c2[nH]cc(C(=O)C(=O)N3CCNCC3C(=O)c3ccncc3)c12. The maximum atomic E-state index is 13.2. The molecule has 0 aliphatic carbocycles. The van der Waals surface area contributed by atoms with Gasteiger partial charge in [-0.15, -0.1) is 0 Å². The van der Waals surface area contributed by atoms with Gasteiger partial charge in [0.2, 0.25) is 0 Å². The minimum absolute atomic E-state index is 0.116. The highest BCUT2D eigenvalue weighted by molar-refractivity contribution is 6.46. The molecule has 2 N–H and O–H groups in total. The first kappa shape index (κ1) is 20.0. The van der Waals surface area contributed by atoms with Crippen LogP contribution in [0.5, 0.6) is 5.75 Å². The van der Waals surface area contributed by atoms with Crippen molar-refractivity contribution < 1.29 is 19.1 Å². The topological polar surface area (TPSA) is 117 Å². The average Bonchev–Trinajstić information content (AvgIpc) is 3.25. The van der Waals surface area contributed by atoms with Gasteiger partial charge in [-0.25, -0.2) is 4.98 Å². The number of carbonyl (C=O) groups is 3. The van der Waals surface area contributed by atoms with Crippen molar-refractivity contribution in [3.8, 4) is 5.75 Å². The minimum Gasteiger partial charge on any atom is -0.494 e. The molecular formula is C20H18ClN5O4. The number of aromatic nitrogens is 3. The molecule has 0 radical (unpaired) electrons. The smallest absolute Gasteiger partial charge is 0.295 e. The summed E-state index contributed by atoms with van der Waals surface area (Å²) >= 11 is 6.10. The number of rotatable bonds is 5. The first-order valence-electron chi connectivity index (χ1n) is 9.22. The second-order valence-corrected chi connectivity index (χ2v) is 7.08. The van der Waals surface area contributed by atoms with E-state index in [1.165, 1.54) is 36.8 Å². The minimum atomic E-state index is -0.796. The molecular weight excluding hydrogens is 410 g/mol. The molecule has 9 nitrogen and oxygen atoms in total. The number of nitrogens with one attached hydrogen (secondary N) is 2. The number of pyridine rings is 2. The molecule has 0 spiro atoms. The van der Waals surface area contributed by atoms with Gasteiger partial charge in [-0.1, -0.05) is 11.6 Å². The van der Waals surface area contributed by atoms with Gasteiger partial charge in [-0.2, -0.15) is 0 Å². The number of halogens is 1. The third-order valence-corrected chi connectivity index (χ3v) is 5.35. The van der Waals surface area contributed by atoms with Crippen molar-refractivity contribution in [3.63, 3.8) is 0 Å². The second kappa shape index (κ2) is 8.21. The molecule has 1 atom stereocenters. The van der Waals surface area contributed by atoms with E-state index >= 15 is 0 Å².